The monoisotopic (exact) mass is 372 g/mol. The van der Waals surface area contributed by atoms with Gasteiger partial charge in [0, 0.05) is 0 Å². The number of fused-ring (bicyclic) bond motifs is 1. The molecule has 0 spiro atoms. The molecule has 2 heterocycles. The van der Waals surface area contributed by atoms with Crippen LogP contribution in [0.15, 0.2) is 39.9 Å². The first kappa shape index (κ1) is 15.3. The molecule has 0 saturated heterocycles. The number of aliphatic imine (C=N–C) groups is 1. The van der Waals surface area contributed by atoms with Gasteiger partial charge in [-0.1, -0.05) is 0 Å². The number of nitrogens with two attached hydrogens (primary N) is 1. The minimum atomic E-state index is -0.781. The van der Waals surface area contributed by atoms with Crippen LogP contribution in [0.2, 0.25) is 0 Å². The number of aromatic nitrogens is 1. The molecular formula is C16H13BrN4O2. The quantitative estimate of drug-likeness (QED) is 0.828. The topological polar surface area (TPSA) is 93.5 Å². The average molecular weight is 373 g/mol. The molecule has 0 aliphatic carbocycles. The Balaban J connectivity index is 2.06. The molecule has 1 aliphatic heterocycles. The predicted molar refractivity (Wildman–Crippen MR) is 89.4 cm³/mol. The highest BCUT2D eigenvalue weighted by atomic mass is 79.9. The summed E-state index contributed by atoms with van der Waals surface area (Å²) in [4.78, 5) is 8.61. The summed E-state index contributed by atoms with van der Waals surface area (Å²) >= 11 is 3.36. The van der Waals surface area contributed by atoms with E-state index in [0.29, 0.717) is 38.8 Å². The fourth-order valence-corrected chi connectivity index (χ4v) is 2.58. The molecular weight excluding hydrogens is 360 g/mol. The summed E-state index contributed by atoms with van der Waals surface area (Å²) in [6.45, 7) is 3.64. The average Bonchev–Trinajstić information content (AvgIpc) is 2.48. The molecule has 0 saturated carbocycles. The van der Waals surface area contributed by atoms with E-state index in [2.05, 4.69) is 32.0 Å². The van der Waals surface area contributed by atoms with Crippen LogP contribution in [-0.2, 0) is 0 Å². The number of nitriles is 1. The highest BCUT2D eigenvalue weighted by molar-refractivity contribution is 9.10. The van der Waals surface area contributed by atoms with Crippen LogP contribution in [0.3, 0.4) is 0 Å². The summed E-state index contributed by atoms with van der Waals surface area (Å²) in [6.07, 6.45) is 1.50. The predicted octanol–water partition coefficient (Wildman–Crippen LogP) is 3.25. The fourth-order valence-electron chi connectivity index (χ4n) is 2.14. The second-order valence-corrected chi connectivity index (χ2v) is 6.30. The minimum Gasteiger partial charge on any atom is -0.466 e. The Hall–Kier alpha value is -2.59. The number of ether oxygens (including phenoxy) is 2. The molecule has 0 fully saturated rings. The van der Waals surface area contributed by atoms with Gasteiger partial charge >= 0.3 is 0 Å². The fraction of sp³-hybridized carbons (Fsp3) is 0.188. The van der Waals surface area contributed by atoms with Crippen LogP contribution in [0.1, 0.15) is 25.0 Å². The van der Waals surface area contributed by atoms with Gasteiger partial charge in [-0.05, 0) is 54.0 Å². The van der Waals surface area contributed by atoms with Crippen molar-refractivity contribution in [2.24, 2.45) is 4.99 Å². The van der Waals surface area contributed by atoms with E-state index in [1.165, 1.54) is 6.20 Å². The smallest absolute Gasteiger partial charge is 0.235 e. The third-order valence-electron chi connectivity index (χ3n) is 3.09. The minimum absolute atomic E-state index is 0.337. The van der Waals surface area contributed by atoms with Crippen molar-refractivity contribution in [3.63, 3.8) is 0 Å². The number of hydrogen-bond donors (Lipinski definition) is 1. The molecule has 3 rings (SSSR count). The van der Waals surface area contributed by atoms with Crippen LogP contribution >= 0.6 is 15.9 Å². The lowest BCUT2D eigenvalue weighted by molar-refractivity contribution is 0.112. The standard InChI is InChI=1S/C16H13BrN4O2/c1-16(2)21-14(22-15-12(17)6-10(19)8-20-15)11-5-9(7-18)3-4-13(11)23-16/h3-6,8H,19H2,1-2H3. The molecule has 1 aliphatic rings. The molecule has 1 aromatic heterocycles. The summed E-state index contributed by atoms with van der Waals surface area (Å²) < 4.78 is 12.3. The summed E-state index contributed by atoms with van der Waals surface area (Å²) in [7, 11) is 0. The van der Waals surface area contributed by atoms with E-state index in [0.717, 1.165) is 0 Å². The highest BCUT2D eigenvalue weighted by Crippen LogP contribution is 2.33. The van der Waals surface area contributed by atoms with Crippen LogP contribution in [0.25, 0.3) is 0 Å². The Morgan fingerprint density at radius 3 is 2.83 bits per heavy atom. The zero-order chi connectivity index (χ0) is 16.6. The normalized spacial score (nSPS) is 15.0. The number of nitrogen functional groups attached to an aromatic ring is 1. The number of anilines is 1. The lowest BCUT2D eigenvalue weighted by Gasteiger charge is -2.29. The number of rotatable bonds is 1. The molecule has 0 radical (unpaired) electrons. The molecule has 7 heteroatoms. The molecule has 6 nitrogen and oxygen atoms in total. The molecule has 23 heavy (non-hydrogen) atoms. The Labute approximate surface area is 141 Å². The van der Waals surface area contributed by atoms with E-state index in [4.69, 9.17) is 20.5 Å². The number of benzene rings is 1. The number of nitrogens with zero attached hydrogens (tertiary/aromatic N) is 3. The lowest BCUT2D eigenvalue weighted by Crippen LogP contribution is -2.34. The molecule has 1 aromatic carbocycles. The van der Waals surface area contributed by atoms with Crippen molar-refractivity contribution in [3.05, 3.63) is 46.1 Å². The highest BCUT2D eigenvalue weighted by Gasteiger charge is 2.30. The Morgan fingerprint density at radius 1 is 1.35 bits per heavy atom. The first-order valence-corrected chi connectivity index (χ1v) is 7.59. The molecule has 0 unspecified atom stereocenters. The second-order valence-electron chi connectivity index (χ2n) is 5.45. The molecule has 116 valence electrons. The van der Waals surface area contributed by atoms with Crippen molar-refractivity contribution in [2.45, 2.75) is 19.6 Å². The van der Waals surface area contributed by atoms with Gasteiger partial charge in [-0.2, -0.15) is 5.26 Å². The van der Waals surface area contributed by atoms with E-state index in [9.17, 15) is 0 Å². The van der Waals surface area contributed by atoms with Crippen LogP contribution < -0.4 is 15.2 Å². The number of hydrogen-bond acceptors (Lipinski definition) is 6. The maximum atomic E-state index is 9.09. The third-order valence-corrected chi connectivity index (χ3v) is 3.66. The molecule has 0 bridgehead atoms. The Bertz CT molecular complexity index is 856. The molecule has 2 aromatic rings. The maximum Gasteiger partial charge on any atom is 0.235 e. The van der Waals surface area contributed by atoms with Crippen LogP contribution in [0.5, 0.6) is 11.6 Å². The molecule has 2 N–H and O–H groups in total. The van der Waals surface area contributed by atoms with E-state index >= 15 is 0 Å². The zero-order valence-corrected chi connectivity index (χ0v) is 14.1. The van der Waals surface area contributed by atoms with Crippen LogP contribution in [-0.4, -0.2) is 16.6 Å². The van der Waals surface area contributed by atoms with Gasteiger partial charge in [-0.25, -0.2) is 9.98 Å². The van der Waals surface area contributed by atoms with Crippen LogP contribution in [0, 0.1) is 11.3 Å². The number of pyridine rings is 1. The van der Waals surface area contributed by atoms with E-state index in [1.54, 1.807) is 24.3 Å². The molecule has 0 atom stereocenters. The van der Waals surface area contributed by atoms with Crippen molar-refractivity contribution >= 4 is 27.5 Å². The van der Waals surface area contributed by atoms with Crippen molar-refractivity contribution < 1.29 is 9.47 Å². The van der Waals surface area contributed by atoms with E-state index in [1.807, 2.05) is 13.8 Å². The summed E-state index contributed by atoms with van der Waals surface area (Å²) in [5.74, 6) is 1.28. The molecule has 0 amide bonds. The first-order chi connectivity index (χ1) is 10.9. The summed E-state index contributed by atoms with van der Waals surface area (Å²) in [5, 5.41) is 9.09. The Kier molecular flexibility index (Phi) is 3.70. The lowest BCUT2D eigenvalue weighted by atomic mass is 10.1. The van der Waals surface area contributed by atoms with Crippen molar-refractivity contribution in [1.29, 1.82) is 5.26 Å². The first-order valence-electron chi connectivity index (χ1n) is 6.80. The van der Waals surface area contributed by atoms with Crippen molar-refractivity contribution in [2.75, 3.05) is 5.73 Å². The third kappa shape index (κ3) is 3.12. The largest absolute Gasteiger partial charge is 0.466 e. The van der Waals surface area contributed by atoms with Crippen molar-refractivity contribution in [3.8, 4) is 17.7 Å². The Morgan fingerprint density at radius 2 is 2.13 bits per heavy atom. The van der Waals surface area contributed by atoms with Gasteiger partial charge in [0.2, 0.25) is 11.8 Å². The summed E-state index contributed by atoms with van der Waals surface area (Å²) in [6, 6.07) is 8.89. The van der Waals surface area contributed by atoms with E-state index < -0.39 is 5.72 Å². The van der Waals surface area contributed by atoms with Crippen molar-refractivity contribution in [1.82, 2.24) is 4.98 Å². The van der Waals surface area contributed by atoms with Crippen LogP contribution in [0.4, 0.5) is 5.69 Å². The van der Waals surface area contributed by atoms with Gasteiger partial charge in [0.05, 0.1) is 33.6 Å². The maximum absolute atomic E-state index is 9.09. The van der Waals surface area contributed by atoms with Gasteiger partial charge < -0.3 is 15.2 Å². The van der Waals surface area contributed by atoms with Gasteiger partial charge in [0.25, 0.3) is 0 Å². The van der Waals surface area contributed by atoms with Gasteiger partial charge in [0.15, 0.2) is 5.72 Å². The van der Waals surface area contributed by atoms with Gasteiger partial charge in [-0.3, -0.25) is 0 Å². The summed E-state index contributed by atoms with van der Waals surface area (Å²) in [5.41, 5.74) is 6.52. The zero-order valence-electron chi connectivity index (χ0n) is 12.5. The second kappa shape index (κ2) is 5.56. The van der Waals surface area contributed by atoms with Gasteiger partial charge in [0.1, 0.15) is 5.75 Å². The van der Waals surface area contributed by atoms with E-state index in [-0.39, 0.29) is 0 Å². The SMILES string of the molecule is CC1(C)N=C(Oc2ncc(N)cc2Br)c2cc(C#N)ccc2O1. The number of halogens is 1. The van der Waals surface area contributed by atoms with Gasteiger partial charge in [-0.15, -0.1) is 0 Å².